The minimum Gasteiger partial charge on any atom is -0.348 e. The molecule has 4 heterocycles. The Morgan fingerprint density at radius 1 is 1.31 bits per heavy atom. The van der Waals surface area contributed by atoms with Crippen molar-refractivity contribution in [3.63, 3.8) is 0 Å². The van der Waals surface area contributed by atoms with Gasteiger partial charge >= 0.3 is 0 Å². The number of nitrogens with one attached hydrogen (secondary N) is 1. The highest BCUT2D eigenvalue weighted by Gasteiger charge is 2.37. The van der Waals surface area contributed by atoms with Crippen molar-refractivity contribution < 1.29 is 4.79 Å². The number of imidazole rings is 1. The van der Waals surface area contributed by atoms with E-state index in [0.29, 0.717) is 11.6 Å². The van der Waals surface area contributed by atoms with Gasteiger partial charge in [0.05, 0.1) is 22.2 Å². The molecule has 0 bridgehead atoms. The fraction of sp³-hybridized carbons (Fsp3) is 0.222. The molecule has 1 aliphatic rings. The van der Waals surface area contributed by atoms with E-state index in [0.717, 1.165) is 38.7 Å². The van der Waals surface area contributed by atoms with E-state index in [1.807, 2.05) is 35.4 Å². The van der Waals surface area contributed by atoms with Crippen molar-refractivity contribution in [1.29, 1.82) is 0 Å². The van der Waals surface area contributed by atoms with Crippen LogP contribution in [-0.2, 0) is 6.42 Å². The van der Waals surface area contributed by atoms with Crippen LogP contribution in [0, 0.1) is 6.92 Å². The van der Waals surface area contributed by atoms with Crippen LogP contribution in [0.25, 0.3) is 10.2 Å². The van der Waals surface area contributed by atoms with Crippen molar-refractivity contribution in [3.8, 4) is 0 Å². The highest BCUT2D eigenvalue weighted by atomic mass is 32.1. The van der Waals surface area contributed by atoms with Crippen LogP contribution in [0.4, 0.5) is 0 Å². The standard InChI is InChI=1S/C18H15N5OS2/c1-10-8-25-17(21-10)18(24)23-7-6-12-14(20-9-19-12)15(23)16-22-11-4-2-3-5-13(11)26-16/h2-5,8-9,15H,6-7H2,1H3,(H,19,20)/t15-/m0/s1. The van der Waals surface area contributed by atoms with E-state index in [4.69, 9.17) is 4.98 Å². The molecular formula is C18H15N5OS2. The molecule has 0 fully saturated rings. The van der Waals surface area contributed by atoms with Crippen LogP contribution >= 0.6 is 22.7 Å². The minimum atomic E-state index is -0.279. The number of amides is 1. The van der Waals surface area contributed by atoms with Gasteiger partial charge in [-0.1, -0.05) is 12.1 Å². The van der Waals surface area contributed by atoms with E-state index in [9.17, 15) is 4.79 Å². The van der Waals surface area contributed by atoms with E-state index < -0.39 is 0 Å². The zero-order valence-electron chi connectivity index (χ0n) is 14.0. The van der Waals surface area contributed by atoms with Gasteiger partial charge in [-0.15, -0.1) is 22.7 Å². The fourth-order valence-corrected chi connectivity index (χ4v) is 5.16. The Morgan fingerprint density at radius 3 is 3.00 bits per heavy atom. The van der Waals surface area contributed by atoms with E-state index in [1.54, 1.807) is 17.7 Å². The van der Waals surface area contributed by atoms with Crippen LogP contribution in [0.15, 0.2) is 36.0 Å². The van der Waals surface area contributed by atoms with Gasteiger partial charge in [0.2, 0.25) is 0 Å². The minimum absolute atomic E-state index is 0.0546. The molecule has 1 N–H and O–H groups in total. The Hall–Kier alpha value is -2.58. The SMILES string of the molecule is Cc1csc(C(=O)N2CCc3[nH]cnc3[C@H]2c2nc3ccccc3s2)n1. The molecule has 0 unspecified atom stereocenters. The number of hydrogen-bond acceptors (Lipinski definition) is 6. The van der Waals surface area contributed by atoms with Gasteiger partial charge < -0.3 is 9.88 Å². The lowest BCUT2D eigenvalue weighted by Gasteiger charge is -2.33. The molecule has 1 atom stereocenters. The molecule has 3 aromatic heterocycles. The summed E-state index contributed by atoms with van der Waals surface area (Å²) in [6.45, 7) is 2.52. The number of thiazole rings is 2. The van der Waals surface area contributed by atoms with Crippen LogP contribution in [0.2, 0.25) is 0 Å². The molecule has 0 aliphatic carbocycles. The van der Waals surface area contributed by atoms with E-state index >= 15 is 0 Å². The molecule has 1 aromatic carbocycles. The Balaban J connectivity index is 1.63. The van der Waals surface area contributed by atoms with Gasteiger partial charge in [-0.05, 0) is 19.1 Å². The normalized spacial score (nSPS) is 16.8. The quantitative estimate of drug-likeness (QED) is 0.576. The molecule has 130 valence electrons. The summed E-state index contributed by atoms with van der Waals surface area (Å²) in [5, 5.41) is 3.32. The van der Waals surface area contributed by atoms with Gasteiger partial charge in [0.25, 0.3) is 5.91 Å². The zero-order chi connectivity index (χ0) is 17.7. The monoisotopic (exact) mass is 381 g/mol. The van der Waals surface area contributed by atoms with E-state index in [1.165, 1.54) is 11.3 Å². The second-order valence-corrected chi connectivity index (χ2v) is 8.15. The third-order valence-electron chi connectivity index (χ3n) is 4.53. The van der Waals surface area contributed by atoms with Crippen molar-refractivity contribution in [3.05, 3.63) is 63.1 Å². The number of hydrogen-bond donors (Lipinski definition) is 1. The molecule has 5 rings (SSSR count). The summed E-state index contributed by atoms with van der Waals surface area (Å²) in [5.74, 6) is -0.0546. The number of para-hydroxylation sites is 1. The maximum Gasteiger partial charge on any atom is 0.283 e. The summed E-state index contributed by atoms with van der Waals surface area (Å²) in [7, 11) is 0. The highest BCUT2D eigenvalue weighted by Crippen LogP contribution is 2.38. The largest absolute Gasteiger partial charge is 0.348 e. The Kier molecular flexibility index (Phi) is 3.61. The van der Waals surface area contributed by atoms with E-state index in [2.05, 4.69) is 21.0 Å². The first-order valence-corrected chi connectivity index (χ1v) is 10.0. The first-order valence-electron chi connectivity index (χ1n) is 8.31. The van der Waals surface area contributed by atoms with Gasteiger partial charge in [0, 0.05) is 29.7 Å². The highest BCUT2D eigenvalue weighted by molar-refractivity contribution is 7.18. The van der Waals surface area contributed by atoms with Gasteiger partial charge in [-0.25, -0.2) is 15.0 Å². The van der Waals surface area contributed by atoms with Crippen LogP contribution in [-0.4, -0.2) is 37.3 Å². The third-order valence-corrected chi connectivity index (χ3v) is 6.57. The second-order valence-electron chi connectivity index (χ2n) is 6.23. The van der Waals surface area contributed by atoms with Crippen LogP contribution in [0.5, 0.6) is 0 Å². The summed E-state index contributed by atoms with van der Waals surface area (Å²) < 4.78 is 1.11. The summed E-state index contributed by atoms with van der Waals surface area (Å²) >= 11 is 3.01. The number of aryl methyl sites for hydroxylation is 1. The molecule has 0 saturated heterocycles. The van der Waals surface area contributed by atoms with Crippen LogP contribution in [0.3, 0.4) is 0 Å². The van der Waals surface area contributed by atoms with Crippen molar-refractivity contribution in [2.75, 3.05) is 6.54 Å². The molecule has 26 heavy (non-hydrogen) atoms. The zero-order valence-corrected chi connectivity index (χ0v) is 15.6. The molecule has 8 heteroatoms. The lowest BCUT2D eigenvalue weighted by Crippen LogP contribution is -2.40. The topological polar surface area (TPSA) is 74.8 Å². The number of H-pyrrole nitrogens is 1. The Bertz CT molecular complexity index is 1080. The number of carbonyl (C=O) groups is 1. The number of benzene rings is 1. The molecule has 1 amide bonds. The van der Waals surface area contributed by atoms with Crippen molar-refractivity contribution in [1.82, 2.24) is 24.8 Å². The molecular weight excluding hydrogens is 366 g/mol. The summed E-state index contributed by atoms with van der Waals surface area (Å²) in [6.07, 6.45) is 2.46. The average molecular weight is 381 g/mol. The van der Waals surface area contributed by atoms with Gasteiger partial charge in [-0.3, -0.25) is 4.79 Å². The lowest BCUT2D eigenvalue weighted by atomic mass is 10.0. The van der Waals surface area contributed by atoms with Crippen molar-refractivity contribution in [2.45, 2.75) is 19.4 Å². The predicted octanol–water partition coefficient (Wildman–Crippen LogP) is 3.57. The summed E-state index contributed by atoms with van der Waals surface area (Å²) in [6, 6.07) is 7.76. The number of nitrogens with zero attached hydrogens (tertiary/aromatic N) is 4. The fourth-order valence-electron chi connectivity index (χ4n) is 3.33. The first-order chi connectivity index (χ1) is 12.7. The summed E-state index contributed by atoms with van der Waals surface area (Å²) in [4.78, 5) is 31.9. The number of aromatic nitrogens is 4. The second kappa shape index (κ2) is 6.00. The maximum atomic E-state index is 13.2. The number of rotatable bonds is 2. The van der Waals surface area contributed by atoms with E-state index in [-0.39, 0.29) is 11.9 Å². The predicted molar refractivity (Wildman–Crippen MR) is 102 cm³/mol. The van der Waals surface area contributed by atoms with Crippen molar-refractivity contribution in [2.24, 2.45) is 0 Å². The molecule has 0 spiro atoms. The van der Waals surface area contributed by atoms with Gasteiger partial charge in [-0.2, -0.15) is 0 Å². The number of fused-ring (bicyclic) bond motifs is 2. The Morgan fingerprint density at radius 2 is 2.19 bits per heavy atom. The molecule has 1 aliphatic heterocycles. The van der Waals surface area contributed by atoms with Gasteiger partial charge in [0.15, 0.2) is 5.01 Å². The maximum absolute atomic E-state index is 13.2. The average Bonchev–Trinajstić information content (AvgIpc) is 3.38. The van der Waals surface area contributed by atoms with Crippen LogP contribution in [0.1, 0.15) is 37.9 Å². The molecule has 0 saturated carbocycles. The third kappa shape index (κ3) is 2.45. The molecule has 0 radical (unpaired) electrons. The Labute approximate surface area is 157 Å². The van der Waals surface area contributed by atoms with Crippen molar-refractivity contribution >= 4 is 38.8 Å². The van der Waals surface area contributed by atoms with Crippen LogP contribution < -0.4 is 0 Å². The number of aromatic amines is 1. The molecule has 6 nitrogen and oxygen atoms in total. The molecule has 4 aromatic rings. The number of carbonyl (C=O) groups excluding carboxylic acids is 1. The lowest BCUT2D eigenvalue weighted by molar-refractivity contribution is 0.0690. The first kappa shape index (κ1) is 15.7. The van der Waals surface area contributed by atoms with Gasteiger partial charge in [0.1, 0.15) is 11.0 Å². The summed E-state index contributed by atoms with van der Waals surface area (Å²) in [5.41, 5.74) is 3.78. The smallest absolute Gasteiger partial charge is 0.283 e.